The number of aromatic hydroxyl groups is 2. The van der Waals surface area contributed by atoms with Crippen molar-refractivity contribution in [3.8, 4) is 11.5 Å². The number of aliphatic imine (C=N–C) groups is 1. The van der Waals surface area contributed by atoms with Crippen LogP contribution >= 0.6 is 11.8 Å². The van der Waals surface area contributed by atoms with E-state index in [1.165, 1.54) is 11.8 Å². The Balaban J connectivity index is 2.27. The van der Waals surface area contributed by atoms with Gasteiger partial charge in [0.2, 0.25) is 0 Å². The highest BCUT2D eigenvalue weighted by molar-refractivity contribution is 7.99. The van der Waals surface area contributed by atoms with Crippen LogP contribution in [0.15, 0.2) is 69.4 Å². The zero-order valence-electron chi connectivity index (χ0n) is 12.0. The number of phenols is 2. The lowest BCUT2D eigenvalue weighted by Crippen LogP contribution is -1.84. The fraction of sp³-hybridized carbons (Fsp3) is 0.0556. The third-order valence-electron chi connectivity index (χ3n) is 3.31. The van der Waals surface area contributed by atoms with E-state index in [9.17, 15) is 10.2 Å². The van der Waals surface area contributed by atoms with Crippen molar-refractivity contribution in [1.29, 1.82) is 0 Å². The molecule has 0 saturated heterocycles. The van der Waals surface area contributed by atoms with Crippen LogP contribution in [-0.2, 0) is 0 Å². The van der Waals surface area contributed by atoms with E-state index < -0.39 is 0 Å². The van der Waals surface area contributed by atoms with E-state index in [4.69, 9.17) is 0 Å². The van der Waals surface area contributed by atoms with Crippen LogP contribution in [0.1, 0.15) is 6.92 Å². The van der Waals surface area contributed by atoms with Crippen molar-refractivity contribution >= 4 is 34.4 Å². The standard InChI is InChI=1S/C18H15NO2S/c1-2-19-15-16(20)13-10-6-7-11-14(13)17(21)18(15)22-12-8-4-3-5-9-12/h2-11,20-21H,1H3. The van der Waals surface area contributed by atoms with Gasteiger partial charge in [-0.2, -0.15) is 0 Å². The molecule has 0 aromatic heterocycles. The number of rotatable bonds is 3. The maximum Gasteiger partial charge on any atom is 0.150 e. The Morgan fingerprint density at radius 2 is 1.45 bits per heavy atom. The molecule has 0 amide bonds. The molecule has 3 aromatic rings. The van der Waals surface area contributed by atoms with E-state index >= 15 is 0 Å². The van der Waals surface area contributed by atoms with E-state index in [0.29, 0.717) is 21.4 Å². The first-order valence-electron chi connectivity index (χ1n) is 6.90. The molecular weight excluding hydrogens is 294 g/mol. The lowest BCUT2D eigenvalue weighted by molar-refractivity contribution is 0.459. The van der Waals surface area contributed by atoms with Crippen LogP contribution in [0.25, 0.3) is 10.8 Å². The van der Waals surface area contributed by atoms with E-state index in [1.54, 1.807) is 25.3 Å². The van der Waals surface area contributed by atoms with Crippen molar-refractivity contribution in [3.63, 3.8) is 0 Å². The van der Waals surface area contributed by atoms with Crippen molar-refractivity contribution in [1.82, 2.24) is 0 Å². The van der Waals surface area contributed by atoms with Crippen LogP contribution in [-0.4, -0.2) is 16.4 Å². The quantitative estimate of drug-likeness (QED) is 0.521. The Labute approximate surface area is 133 Å². The molecule has 3 rings (SSSR count). The summed E-state index contributed by atoms with van der Waals surface area (Å²) in [6.07, 6.45) is 1.61. The predicted molar refractivity (Wildman–Crippen MR) is 91.7 cm³/mol. The summed E-state index contributed by atoms with van der Waals surface area (Å²) in [6.45, 7) is 1.78. The average Bonchev–Trinajstić information content (AvgIpc) is 2.57. The molecule has 0 atom stereocenters. The summed E-state index contributed by atoms with van der Waals surface area (Å²) in [7, 11) is 0. The van der Waals surface area contributed by atoms with Crippen LogP contribution in [0.3, 0.4) is 0 Å². The van der Waals surface area contributed by atoms with Crippen LogP contribution in [0, 0.1) is 0 Å². The highest BCUT2D eigenvalue weighted by atomic mass is 32.2. The number of phenolic OH excluding ortho intramolecular Hbond substituents is 2. The monoisotopic (exact) mass is 309 g/mol. The van der Waals surface area contributed by atoms with E-state index in [2.05, 4.69) is 4.99 Å². The van der Waals surface area contributed by atoms with Crippen LogP contribution < -0.4 is 0 Å². The second-order valence-electron chi connectivity index (χ2n) is 4.72. The largest absolute Gasteiger partial charge is 0.506 e. The van der Waals surface area contributed by atoms with Gasteiger partial charge in [-0.15, -0.1) is 0 Å². The molecule has 0 saturated carbocycles. The molecule has 0 radical (unpaired) electrons. The summed E-state index contributed by atoms with van der Waals surface area (Å²) in [5, 5.41) is 22.4. The SMILES string of the molecule is CC=Nc1c(Sc2ccccc2)c(O)c2ccccc2c1O. The molecule has 0 aliphatic carbocycles. The molecule has 3 nitrogen and oxygen atoms in total. The number of hydrogen-bond acceptors (Lipinski definition) is 4. The minimum absolute atomic E-state index is 0.0879. The second-order valence-corrected chi connectivity index (χ2v) is 5.81. The Morgan fingerprint density at radius 3 is 2.09 bits per heavy atom. The van der Waals surface area contributed by atoms with Crippen molar-refractivity contribution in [2.24, 2.45) is 4.99 Å². The van der Waals surface area contributed by atoms with Gasteiger partial charge in [0.25, 0.3) is 0 Å². The molecule has 0 aliphatic heterocycles. The van der Waals surface area contributed by atoms with E-state index in [0.717, 1.165) is 4.90 Å². The summed E-state index contributed by atoms with van der Waals surface area (Å²) >= 11 is 1.39. The molecule has 0 unspecified atom stereocenters. The molecule has 0 spiro atoms. The average molecular weight is 309 g/mol. The summed E-state index contributed by atoms with van der Waals surface area (Å²) in [5.74, 6) is 0.229. The molecule has 2 N–H and O–H groups in total. The summed E-state index contributed by atoms with van der Waals surface area (Å²) in [5.41, 5.74) is 0.396. The normalized spacial score (nSPS) is 11.3. The summed E-state index contributed by atoms with van der Waals surface area (Å²) < 4.78 is 0. The lowest BCUT2D eigenvalue weighted by atomic mass is 10.1. The van der Waals surface area contributed by atoms with Gasteiger partial charge in [0.05, 0.1) is 4.90 Å². The molecule has 0 fully saturated rings. The first kappa shape index (κ1) is 14.5. The van der Waals surface area contributed by atoms with Gasteiger partial charge in [-0.3, -0.25) is 4.99 Å². The van der Waals surface area contributed by atoms with Gasteiger partial charge in [-0.1, -0.05) is 54.2 Å². The number of benzene rings is 3. The third-order valence-corrected chi connectivity index (χ3v) is 4.41. The van der Waals surface area contributed by atoms with Gasteiger partial charge in [-0.05, 0) is 19.1 Å². The Morgan fingerprint density at radius 1 is 0.864 bits per heavy atom. The smallest absolute Gasteiger partial charge is 0.150 e. The second kappa shape index (κ2) is 6.12. The molecule has 4 heteroatoms. The highest BCUT2D eigenvalue weighted by Gasteiger charge is 2.19. The van der Waals surface area contributed by atoms with Crippen LogP contribution in [0.2, 0.25) is 0 Å². The Kier molecular flexibility index (Phi) is 4.02. The third kappa shape index (κ3) is 2.53. The van der Waals surface area contributed by atoms with Gasteiger partial charge >= 0.3 is 0 Å². The summed E-state index contributed by atoms with van der Waals surface area (Å²) in [6, 6.07) is 16.9. The van der Waals surface area contributed by atoms with Gasteiger partial charge in [0.15, 0.2) is 0 Å². The Hall–Kier alpha value is -2.46. The molecular formula is C18H15NO2S. The van der Waals surface area contributed by atoms with Crippen LogP contribution in [0.5, 0.6) is 11.5 Å². The van der Waals surface area contributed by atoms with Gasteiger partial charge < -0.3 is 10.2 Å². The molecule has 110 valence electrons. The first-order chi connectivity index (χ1) is 10.7. The predicted octanol–water partition coefficient (Wildman–Crippen LogP) is 5.12. The van der Waals surface area contributed by atoms with E-state index in [1.807, 2.05) is 42.5 Å². The van der Waals surface area contributed by atoms with Crippen molar-refractivity contribution < 1.29 is 10.2 Å². The van der Waals surface area contributed by atoms with Gasteiger partial charge in [0.1, 0.15) is 17.2 Å². The molecule has 0 heterocycles. The number of nitrogens with zero attached hydrogens (tertiary/aromatic N) is 1. The first-order valence-corrected chi connectivity index (χ1v) is 7.72. The zero-order chi connectivity index (χ0) is 15.5. The number of hydrogen-bond donors (Lipinski definition) is 2. The molecule has 3 aromatic carbocycles. The highest BCUT2D eigenvalue weighted by Crippen LogP contribution is 2.50. The van der Waals surface area contributed by atoms with Gasteiger partial charge in [0, 0.05) is 21.9 Å². The topological polar surface area (TPSA) is 52.8 Å². The lowest BCUT2D eigenvalue weighted by Gasteiger charge is -2.13. The van der Waals surface area contributed by atoms with Gasteiger partial charge in [-0.25, -0.2) is 0 Å². The molecule has 0 bridgehead atoms. The number of fused-ring (bicyclic) bond motifs is 1. The van der Waals surface area contributed by atoms with Crippen molar-refractivity contribution in [2.45, 2.75) is 16.7 Å². The maximum absolute atomic E-state index is 10.6. The fourth-order valence-corrected chi connectivity index (χ4v) is 3.30. The minimum Gasteiger partial charge on any atom is -0.506 e. The van der Waals surface area contributed by atoms with Crippen LogP contribution in [0.4, 0.5) is 5.69 Å². The molecule has 22 heavy (non-hydrogen) atoms. The summed E-state index contributed by atoms with van der Waals surface area (Å²) in [4.78, 5) is 5.79. The maximum atomic E-state index is 10.6. The zero-order valence-corrected chi connectivity index (χ0v) is 12.8. The van der Waals surface area contributed by atoms with E-state index in [-0.39, 0.29) is 11.5 Å². The van der Waals surface area contributed by atoms with Crippen molar-refractivity contribution in [3.05, 3.63) is 54.6 Å². The molecule has 0 aliphatic rings. The Bertz CT molecular complexity index is 845. The fourth-order valence-electron chi connectivity index (χ4n) is 2.32. The van der Waals surface area contributed by atoms with Crippen molar-refractivity contribution in [2.75, 3.05) is 0 Å². The minimum atomic E-state index is 0.0879.